The van der Waals surface area contributed by atoms with E-state index in [9.17, 15) is 9.59 Å². The highest BCUT2D eigenvalue weighted by atomic mass is 16.5. The van der Waals surface area contributed by atoms with Gasteiger partial charge in [-0.15, -0.1) is 0 Å². The Balaban J connectivity index is 1.75. The number of benzene rings is 1. The first-order valence-electron chi connectivity index (χ1n) is 7.07. The fourth-order valence-corrected chi connectivity index (χ4v) is 2.73. The lowest BCUT2D eigenvalue weighted by molar-refractivity contribution is -0.149. The molecule has 1 aliphatic carbocycles. The first kappa shape index (κ1) is 14.6. The average molecular weight is 276 g/mol. The summed E-state index contributed by atoms with van der Waals surface area (Å²) in [6.07, 6.45) is 3.45. The van der Waals surface area contributed by atoms with Crippen molar-refractivity contribution in [3.8, 4) is 0 Å². The maximum absolute atomic E-state index is 11.8. The Labute approximate surface area is 118 Å². The second-order valence-corrected chi connectivity index (χ2v) is 5.42. The minimum atomic E-state index is -0.743. The van der Waals surface area contributed by atoms with Gasteiger partial charge in [-0.05, 0) is 30.7 Å². The van der Waals surface area contributed by atoms with Crippen molar-refractivity contribution in [2.45, 2.75) is 38.7 Å². The predicted molar refractivity (Wildman–Crippen MR) is 73.9 cm³/mol. The van der Waals surface area contributed by atoms with Crippen LogP contribution in [0, 0.1) is 11.8 Å². The van der Waals surface area contributed by atoms with Crippen LogP contribution in [0.3, 0.4) is 0 Å². The van der Waals surface area contributed by atoms with Crippen molar-refractivity contribution in [2.75, 3.05) is 0 Å². The zero-order valence-corrected chi connectivity index (χ0v) is 11.5. The van der Waals surface area contributed by atoms with Gasteiger partial charge >= 0.3 is 11.9 Å². The summed E-state index contributed by atoms with van der Waals surface area (Å²) in [5.74, 6) is -1.12. The molecule has 1 aromatic rings. The van der Waals surface area contributed by atoms with E-state index in [4.69, 9.17) is 9.84 Å². The zero-order valence-electron chi connectivity index (χ0n) is 11.5. The molecule has 2 atom stereocenters. The molecule has 2 rings (SSSR count). The van der Waals surface area contributed by atoms with E-state index in [1.54, 1.807) is 0 Å². The summed E-state index contributed by atoms with van der Waals surface area (Å²) in [6, 6.07) is 9.55. The van der Waals surface area contributed by atoms with E-state index >= 15 is 0 Å². The van der Waals surface area contributed by atoms with Crippen LogP contribution < -0.4 is 0 Å². The van der Waals surface area contributed by atoms with E-state index in [1.165, 1.54) is 0 Å². The number of carbonyl (C=O) groups excluding carboxylic acids is 1. The predicted octanol–water partition coefficient (Wildman–Crippen LogP) is 3.01. The first-order chi connectivity index (χ1) is 9.65. The van der Waals surface area contributed by atoms with Crippen LogP contribution >= 0.6 is 0 Å². The van der Waals surface area contributed by atoms with Crippen LogP contribution in [0.5, 0.6) is 0 Å². The molecule has 0 radical (unpaired) electrons. The first-order valence-corrected chi connectivity index (χ1v) is 7.07. The van der Waals surface area contributed by atoms with Gasteiger partial charge in [0, 0.05) is 6.42 Å². The number of esters is 1. The summed E-state index contributed by atoms with van der Waals surface area (Å²) in [4.78, 5) is 22.8. The lowest BCUT2D eigenvalue weighted by atomic mass is 9.80. The van der Waals surface area contributed by atoms with E-state index in [0.29, 0.717) is 12.8 Å². The number of hydrogen-bond donors (Lipinski definition) is 1. The summed E-state index contributed by atoms with van der Waals surface area (Å²) in [7, 11) is 0. The van der Waals surface area contributed by atoms with E-state index in [2.05, 4.69) is 0 Å². The number of hydrogen-bond acceptors (Lipinski definition) is 3. The van der Waals surface area contributed by atoms with Crippen molar-refractivity contribution >= 4 is 11.9 Å². The fourth-order valence-electron chi connectivity index (χ4n) is 2.73. The van der Waals surface area contributed by atoms with Crippen molar-refractivity contribution in [1.82, 2.24) is 0 Å². The van der Waals surface area contributed by atoms with Crippen molar-refractivity contribution in [3.63, 3.8) is 0 Å². The van der Waals surface area contributed by atoms with Crippen molar-refractivity contribution in [3.05, 3.63) is 35.9 Å². The highest BCUT2D eigenvalue weighted by Gasteiger charge is 2.28. The molecule has 0 spiro atoms. The molecule has 1 fully saturated rings. The summed E-state index contributed by atoms with van der Waals surface area (Å²) < 4.78 is 5.24. The molecule has 0 saturated heterocycles. The number of carboxylic acids is 1. The Morgan fingerprint density at radius 1 is 1.20 bits per heavy atom. The largest absolute Gasteiger partial charge is 0.481 e. The van der Waals surface area contributed by atoms with Gasteiger partial charge in [-0.2, -0.15) is 0 Å². The third-order valence-corrected chi connectivity index (χ3v) is 3.83. The van der Waals surface area contributed by atoms with Crippen LogP contribution in [0.2, 0.25) is 0 Å². The van der Waals surface area contributed by atoms with Gasteiger partial charge in [-0.25, -0.2) is 0 Å². The minimum absolute atomic E-state index is 0.146. The Morgan fingerprint density at radius 3 is 2.65 bits per heavy atom. The van der Waals surface area contributed by atoms with E-state index in [0.717, 1.165) is 24.8 Å². The van der Waals surface area contributed by atoms with Gasteiger partial charge in [-0.3, -0.25) is 9.59 Å². The Kier molecular flexibility index (Phi) is 5.16. The second kappa shape index (κ2) is 7.08. The molecule has 0 heterocycles. The highest BCUT2D eigenvalue weighted by Crippen LogP contribution is 2.31. The van der Waals surface area contributed by atoms with Crippen molar-refractivity contribution in [1.29, 1.82) is 0 Å². The van der Waals surface area contributed by atoms with Gasteiger partial charge in [0.2, 0.25) is 0 Å². The molecular formula is C16H20O4. The van der Waals surface area contributed by atoms with Crippen LogP contribution in [0.4, 0.5) is 0 Å². The van der Waals surface area contributed by atoms with Gasteiger partial charge in [0.15, 0.2) is 0 Å². The molecular weight excluding hydrogens is 256 g/mol. The SMILES string of the molecule is O=C(C[C@H]1CCC[C@@H](C(=O)O)C1)OCc1ccccc1. The zero-order chi connectivity index (χ0) is 14.4. The maximum Gasteiger partial charge on any atom is 0.306 e. The maximum atomic E-state index is 11.8. The Bertz CT molecular complexity index is 455. The molecule has 0 unspecified atom stereocenters. The number of aliphatic carboxylic acids is 1. The molecule has 1 N–H and O–H groups in total. The lowest BCUT2D eigenvalue weighted by Crippen LogP contribution is -2.24. The van der Waals surface area contributed by atoms with E-state index in [1.807, 2.05) is 30.3 Å². The van der Waals surface area contributed by atoms with Gasteiger partial charge in [0.25, 0.3) is 0 Å². The molecule has 0 aromatic heterocycles. The quantitative estimate of drug-likeness (QED) is 0.840. The average Bonchev–Trinajstić information content (AvgIpc) is 2.46. The molecule has 20 heavy (non-hydrogen) atoms. The summed E-state index contributed by atoms with van der Waals surface area (Å²) >= 11 is 0. The molecule has 1 saturated carbocycles. The van der Waals surface area contributed by atoms with Gasteiger partial charge in [0.1, 0.15) is 6.61 Å². The van der Waals surface area contributed by atoms with Gasteiger partial charge in [-0.1, -0.05) is 36.8 Å². The van der Waals surface area contributed by atoms with Crippen LogP contribution in [0.1, 0.15) is 37.7 Å². The van der Waals surface area contributed by atoms with Crippen LogP contribution in [0.15, 0.2) is 30.3 Å². The Morgan fingerprint density at radius 2 is 1.95 bits per heavy atom. The van der Waals surface area contributed by atoms with Crippen LogP contribution in [-0.4, -0.2) is 17.0 Å². The molecule has 0 bridgehead atoms. The second-order valence-electron chi connectivity index (χ2n) is 5.42. The molecule has 0 aliphatic heterocycles. The molecule has 1 aliphatic rings. The van der Waals surface area contributed by atoms with Crippen LogP contribution in [-0.2, 0) is 20.9 Å². The number of carbonyl (C=O) groups is 2. The Hall–Kier alpha value is -1.84. The molecule has 1 aromatic carbocycles. The van der Waals surface area contributed by atoms with E-state index in [-0.39, 0.29) is 24.4 Å². The summed E-state index contributed by atoms with van der Waals surface area (Å²) in [5.41, 5.74) is 0.966. The van der Waals surface area contributed by atoms with E-state index < -0.39 is 5.97 Å². The molecule has 4 nitrogen and oxygen atoms in total. The normalized spacial score (nSPS) is 22.2. The molecule has 0 amide bonds. The number of rotatable bonds is 5. The highest BCUT2D eigenvalue weighted by molar-refractivity contribution is 5.71. The third kappa shape index (κ3) is 4.37. The standard InChI is InChI=1S/C16H20O4/c17-15(20-11-12-5-2-1-3-6-12)10-13-7-4-8-14(9-13)16(18)19/h1-3,5-6,13-14H,4,7-11H2,(H,18,19)/t13-,14+/m0/s1. The molecule has 108 valence electrons. The molecule has 4 heteroatoms. The summed E-state index contributed by atoms with van der Waals surface area (Å²) in [6.45, 7) is 0.286. The third-order valence-electron chi connectivity index (χ3n) is 3.83. The minimum Gasteiger partial charge on any atom is -0.481 e. The fraction of sp³-hybridized carbons (Fsp3) is 0.500. The monoisotopic (exact) mass is 276 g/mol. The number of carboxylic acid groups (broad SMARTS) is 1. The van der Waals surface area contributed by atoms with Crippen molar-refractivity contribution in [2.24, 2.45) is 11.8 Å². The topological polar surface area (TPSA) is 63.6 Å². The summed E-state index contributed by atoms with van der Waals surface area (Å²) in [5, 5.41) is 9.03. The van der Waals surface area contributed by atoms with Crippen LogP contribution in [0.25, 0.3) is 0 Å². The van der Waals surface area contributed by atoms with Crippen molar-refractivity contribution < 1.29 is 19.4 Å². The van der Waals surface area contributed by atoms with Gasteiger partial charge < -0.3 is 9.84 Å². The smallest absolute Gasteiger partial charge is 0.306 e. The van der Waals surface area contributed by atoms with Gasteiger partial charge in [0.05, 0.1) is 5.92 Å². The lowest BCUT2D eigenvalue weighted by Gasteiger charge is -2.25. The number of ether oxygens (including phenoxy) is 1.